The Bertz CT molecular complexity index is 1140. The highest BCUT2D eigenvalue weighted by molar-refractivity contribution is 5.92. The number of rotatable bonds is 6. The Kier molecular flexibility index (Phi) is 6.29. The third-order valence-electron chi connectivity index (χ3n) is 5.94. The van der Waals surface area contributed by atoms with E-state index in [1.165, 1.54) is 12.1 Å². The van der Waals surface area contributed by atoms with E-state index in [1.54, 1.807) is 29.7 Å². The van der Waals surface area contributed by atoms with Crippen LogP contribution in [0.5, 0.6) is 0 Å². The zero-order valence-corrected chi connectivity index (χ0v) is 17.5. The third kappa shape index (κ3) is 4.31. The van der Waals surface area contributed by atoms with Crippen molar-refractivity contribution in [3.63, 3.8) is 0 Å². The second-order valence-electron chi connectivity index (χ2n) is 8.13. The van der Waals surface area contributed by atoms with E-state index in [0.29, 0.717) is 22.3 Å². The lowest BCUT2D eigenvalue weighted by atomic mass is 9.95. The first-order chi connectivity index (χ1) is 15.0. The van der Waals surface area contributed by atoms with Gasteiger partial charge in [0, 0.05) is 23.1 Å². The number of nitrogens with one attached hydrogen (secondary N) is 1. The highest BCUT2D eigenvalue weighted by Crippen LogP contribution is 2.33. The fourth-order valence-corrected chi connectivity index (χ4v) is 4.32. The summed E-state index contributed by atoms with van der Waals surface area (Å²) in [6, 6.07) is 7.17. The van der Waals surface area contributed by atoms with Gasteiger partial charge in [0.2, 0.25) is 5.95 Å². The largest absolute Gasteiger partial charge is 0.394 e. The van der Waals surface area contributed by atoms with Crippen molar-refractivity contribution < 1.29 is 14.6 Å². The monoisotopic (exact) mass is 426 g/mol. The first-order valence-electron chi connectivity index (χ1n) is 10.7. The molecule has 0 bridgehead atoms. The predicted octanol–water partition coefficient (Wildman–Crippen LogP) is 3.18. The predicted molar refractivity (Wildman–Crippen MR) is 118 cm³/mol. The Morgan fingerprint density at radius 2 is 1.87 bits per heavy atom. The quantitative estimate of drug-likeness (QED) is 0.560. The molecule has 0 amide bonds. The number of anilines is 1. The normalized spacial score (nSPS) is 15.0. The van der Waals surface area contributed by atoms with Crippen molar-refractivity contribution in [1.29, 1.82) is 0 Å². The fourth-order valence-electron chi connectivity index (χ4n) is 4.32. The van der Waals surface area contributed by atoms with Crippen LogP contribution in [0, 0.1) is 12.7 Å². The van der Waals surface area contributed by atoms with Crippen LogP contribution in [0.3, 0.4) is 0 Å². The van der Waals surface area contributed by atoms with Gasteiger partial charge in [-0.2, -0.15) is 4.98 Å². The van der Waals surface area contributed by atoms with Crippen molar-refractivity contribution in [2.75, 3.05) is 18.5 Å². The molecule has 164 valence electrons. The minimum absolute atomic E-state index is 0.0568. The topological polar surface area (TPSA) is 100 Å². The summed E-state index contributed by atoms with van der Waals surface area (Å²) >= 11 is 0. The van der Waals surface area contributed by atoms with Crippen LogP contribution in [0.25, 0.3) is 22.3 Å². The van der Waals surface area contributed by atoms with E-state index in [1.807, 2.05) is 0 Å². The molecule has 2 aromatic heterocycles. The van der Waals surface area contributed by atoms with Gasteiger partial charge in [0.25, 0.3) is 5.56 Å². The van der Waals surface area contributed by atoms with Gasteiger partial charge < -0.3 is 15.5 Å². The van der Waals surface area contributed by atoms with E-state index < -0.39 is 6.04 Å². The summed E-state index contributed by atoms with van der Waals surface area (Å²) in [6.45, 7) is 1.21. The van der Waals surface area contributed by atoms with Crippen LogP contribution in [0.15, 0.2) is 35.1 Å². The second-order valence-corrected chi connectivity index (χ2v) is 8.13. The molecule has 4 rings (SSSR count). The van der Waals surface area contributed by atoms with Crippen molar-refractivity contribution >= 4 is 17.0 Å². The minimum Gasteiger partial charge on any atom is -0.394 e. The first-order valence-corrected chi connectivity index (χ1v) is 10.7. The number of aliphatic hydroxyl groups excluding tert-OH is 2. The lowest BCUT2D eigenvalue weighted by molar-refractivity contribution is 0.203. The average Bonchev–Trinajstić information content (AvgIpc) is 2.77. The first kappa shape index (κ1) is 21.4. The Morgan fingerprint density at radius 3 is 2.55 bits per heavy atom. The van der Waals surface area contributed by atoms with Gasteiger partial charge in [-0.05, 0) is 49.6 Å². The highest BCUT2D eigenvalue weighted by Gasteiger charge is 2.22. The molecule has 0 aliphatic heterocycles. The molecule has 1 aliphatic carbocycles. The summed E-state index contributed by atoms with van der Waals surface area (Å²) in [7, 11) is 0. The van der Waals surface area contributed by atoms with Crippen molar-refractivity contribution in [3.8, 4) is 11.3 Å². The van der Waals surface area contributed by atoms with Crippen LogP contribution in [0.2, 0.25) is 0 Å². The third-order valence-corrected chi connectivity index (χ3v) is 5.94. The molecule has 2 heterocycles. The molecule has 0 saturated heterocycles. The van der Waals surface area contributed by atoms with Crippen molar-refractivity contribution in [2.45, 2.75) is 51.1 Å². The standard InChI is InChI=1S/C23H27FN4O3/c1-14-11-15(24)7-8-18(14)21-19-9-10-20(31)28(17-5-3-2-4-6-17)22(19)27-23(26-21)25-16(12-29)13-30/h7-11,16-17,29-30H,2-6,12-13H2,1H3,(H,25,26,27). The minimum atomic E-state index is -0.641. The van der Waals surface area contributed by atoms with Crippen LogP contribution in [0.4, 0.5) is 10.3 Å². The van der Waals surface area contributed by atoms with Crippen LogP contribution < -0.4 is 10.9 Å². The van der Waals surface area contributed by atoms with E-state index in [-0.39, 0.29) is 36.6 Å². The van der Waals surface area contributed by atoms with Gasteiger partial charge in [-0.1, -0.05) is 19.3 Å². The van der Waals surface area contributed by atoms with Gasteiger partial charge in [-0.3, -0.25) is 9.36 Å². The molecule has 8 heteroatoms. The number of fused-ring (bicyclic) bond motifs is 1. The second kappa shape index (κ2) is 9.11. The van der Waals surface area contributed by atoms with Crippen LogP contribution in [-0.2, 0) is 0 Å². The van der Waals surface area contributed by atoms with Gasteiger partial charge in [-0.25, -0.2) is 9.37 Å². The summed E-state index contributed by atoms with van der Waals surface area (Å²) in [5.74, 6) is -0.132. The molecular formula is C23H27FN4O3. The zero-order chi connectivity index (χ0) is 22.0. The Morgan fingerprint density at radius 1 is 1.13 bits per heavy atom. The molecule has 1 saturated carbocycles. The number of hydrogen-bond donors (Lipinski definition) is 3. The zero-order valence-electron chi connectivity index (χ0n) is 17.5. The van der Waals surface area contributed by atoms with Crippen molar-refractivity contribution in [3.05, 3.63) is 52.1 Å². The number of nitrogens with zero attached hydrogens (tertiary/aromatic N) is 3. The van der Waals surface area contributed by atoms with Crippen LogP contribution >= 0.6 is 0 Å². The van der Waals surface area contributed by atoms with Gasteiger partial charge in [0.05, 0.1) is 24.9 Å². The van der Waals surface area contributed by atoms with Crippen molar-refractivity contribution in [2.24, 2.45) is 0 Å². The number of pyridine rings is 1. The summed E-state index contributed by atoms with van der Waals surface area (Å²) in [5, 5.41) is 22.6. The summed E-state index contributed by atoms with van der Waals surface area (Å²) < 4.78 is 15.5. The van der Waals surface area contributed by atoms with Crippen LogP contribution in [-0.4, -0.2) is 44.0 Å². The smallest absolute Gasteiger partial charge is 0.252 e. The fraction of sp³-hybridized carbons (Fsp3) is 0.435. The van der Waals surface area contributed by atoms with Gasteiger partial charge in [0.1, 0.15) is 11.5 Å². The lowest BCUT2D eigenvalue weighted by Gasteiger charge is -2.25. The molecule has 0 atom stereocenters. The lowest BCUT2D eigenvalue weighted by Crippen LogP contribution is -2.30. The molecule has 1 fully saturated rings. The molecule has 31 heavy (non-hydrogen) atoms. The number of aryl methyl sites for hydroxylation is 1. The number of hydrogen-bond acceptors (Lipinski definition) is 6. The van der Waals surface area contributed by atoms with E-state index in [0.717, 1.165) is 37.7 Å². The van der Waals surface area contributed by atoms with Gasteiger partial charge in [0.15, 0.2) is 0 Å². The molecule has 7 nitrogen and oxygen atoms in total. The SMILES string of the molecule is Cc1cc(F)ccc1-c1nc(NC(CO)CO)nc2c1ccc(=O)n2C1CCCCC1. The summed E-state index contributed by atoms with van der Waals surface area (Å²) in [6.07, 6.45) is 5.10. The number of halogens is 1. The number of benzene rings is 1. The molecule has 0 radical (unpaired) electrons. The van der Waals surface area contributed by atoms with E-state index >= 15 is 0 Å². The van der Waals surface area contributed by atoms with Crippen LogP contribution in [0.1, 0.15) is 43.7 Å². The molecule has 1 aliphatic rings. The molecule has 0 unspecified atom stereocenters. The van der Waals surface area contributed by atoms with E-state index in [4.69, 9.17) is 0 Å². The summed E-state index contributed by atoms with van der Waals surface area (Å²) in [4.78, 5) is 22.1. The Hall–Kier alpha value is -2.84. The summed E-state index contributed by atoms with van der Waals surface area (Å²) in [5.41, 5.74) is 2.40. The molecule has 0 spiro atoms. The van der Waals surface area contributed by atoms with E-state index in [2.05, 4.69) is 15.3 Å². The maximum absolute atomic E-state index is 13.7. The number of aliphatic hydroxyl groups is 2. The molecule has 1 aromatic carbocycles. The molecular weight excluding hydrogens is 399 g/mol. The van der Waals surface area contributed by atoms with Gasteiger partial charge in [-0.15, -0.1) is 0 Å². The highest BCUT2D eigenvalue weighted by atomic mass is 19.1. The van der Waals surface area contributed by atoms with Gasteiger partial charge >= 0.3 is 0 Å². The van der Waals surface area contributed by atoms with E-state index in [9.17, 15) is 19.4 Å². The number of aromatic nitrogens is 3. The molecule has 3 aromatic rings. The van der Waals surface area contributed by atoms with Crippen molar-refractivity contribution in [1.82, 2.24) is 14.5 Å². The Balaban J connectivity index is 1.97. The maximum Gasteiger partial charge on any atom is 0.252 e. The Labute approximate surface area is 179 Å². The maximum atomic E-state index is 13.7. The average molecular weight is 426 g/mol. The molecule has 3 N–H and O–H groups in total.